The lowest BCUT2D eigenvalue weighted by molar-refractivity contribution is 0.0592. The van der Waals surface area contributed by atoms with E-state index in [1.54, 1.807) is 16.9 Å². The SMILES string of the molecule is CCn1cc(C(=O)N2CCCC3(C2)NC(=O)c2ccccc2N3)c(C)n1. The van der Waals surface area contributed by atoms with Crippen molar-refractivity contribution in [2.24, 2.45) is 0 Å². The summed E-state index contributed by atoms with van der Waals surface area (Å²) in [7, 11) is 0. The summed E-state index contributed by atoms with van der Waals surface area (Å²) < 4.78 is 1.78. The van der Waals surface area contributed by atoms with Crippen LogP contribution in [0.5, 0.6) is 0 Å². The normalized spacial score (nSPS) is 21.9. The predicted molar refractivity (Wildman–Crippen MR) is 98.0 cm³/mol. The quantitative estimate of drug-likeness (QED) is 0.865. The first-order valence-electron chi connectivity index (χ1n) is 9.04. The molecule has 1 unspecified atom stereocenters. The van der Waals surface area contributed by atoms with Crippen LogP contribution in [-0.2, 0) is 6.54 Å². The second-order valence-corrected chi connectivity index (χ2v) is 7.02. The number of carbonyl (C=O) groups excluding carboxylic acids is 2. The van der Waals surface area contributed by atoms with Crippen molar-refractivity contribution in [3.8, 4) is 0 Å². The number of benzene rings is 1. The van der Waals surface area contributed by atoms with E-state index in [0.29, 0.717) is 24.2 Å². The predicted octanol–water partition coefficient (Wildman–Crippen LogP) is 2.00. The summed E-state index contributed by atoms with van der Waals surface area (Å²) in [6.45, 7) is 5.69. The first kappa shape index (κ1) is 16.6. The molecule has 2 aliphatic heterocycles. The number of nitrogens with zero attached hydrogens (tertiary/aromatic N) is 3. The molecule has 1 aromatic carbocycles. The van der Waals surface area contributed by atoms with E-state index < -0.39 is 5.66 Å². The second-order valence-electron chi connectivity index (χ2n) is 7.02. The Hall–Kier alpha value is -2.83. The third kappa shape index (κ3) is 2.73. The lowest BCUT2D eigenvalue weighted by atomic mass is 9.93. The number of nitrogens with one attached hydrogen (secondary N) is 2. The van der Waals surface area contributed by atoms with E-state index in [4.69, 9.17) is 0 Å². The Kier molecular flexibility index (Phi) is 3.94. The molecule has 26 heavy (non-hydrogen) atoms. The summed E-state index contributed by atoms with van der Waals surface area (Å²) in [6, 6.07) is 7.47. The van der Waals surface area contributed by atoms with E-state index in [-0.39, 0.29) is 11.8 Å². The van der Waals surface area contributed by atoms with E-state index in [0.717, 1.165) is 30.8 Å². The average Bonchev–Trinajstić information content (AvgIpc) is 3.02. The smallest absolute Gasteiger partial charge is 0.257 e. The molecule has 1 fully saturated rings. The molecule has 1 aromatic heterocycles. The van der Waals surface area contributed by atoms with Crippen molar-refractivity contribution in [1.29, 1.82) is 0 Å². The zero-order valence-corrected chi connectivity index (χ0v) is 15.1. The molecule has 2 aromatic rings. The van der Waals surface area contributed by atoms with Crippen LogP contribution in [0.15, 0.2) is 30.5 Å². The van der Waals surface area contributed by atoms with Gasteiger partial charge in [0.05, 0.1) is 23.4 Å². The molecule has 1 saturated heterocycles. The zero-order valence-electron chi connectivity index (χ0n) is 15.1. The fraction of sp³-hybridized carbons (Fsp3) is 0.421. The molecule has 136 valence electrons. The molecule has 1 atom stereocenters. The van der Waals surface area contributed by atoms with Gasteiger partial charge in [0.15, 0.2) is 0 Å². The molecule has 0 saturated carbocycles. The lowest BCUT2D eigenvalue weighted by Gasteiger charge is -2.46. The highest BCUT2D eigenvalue weighted by molar-refractivity contribution is 6.02. The van der Waals surface area contributed by atoms with Gasteiger partial charge < -0.3 is 15.5 Å². The number of piperidine rings is 1. The number of anilines is 1. The van der Waals surface area contributed by atoms with Crippen molar-refractivity contribution in [3.63, 3.8) is 0 Å². The van der Waals surface area contributed by atoms with Gasteiger partial charge >= 0.3 is 0 Å². The van der Waals surface area contributed by atoms with Crippen LogP contribution in [0.3, 0.4) is 0 Å². The minimum absolute atomic E-state index is 0.0313. The van der Waals surface area contributed by atoms with Gasteiger partial charge in [-0.3, -0.25) is 14.3 Å². The van der Waals surface area contributed by atoms with Gasteiger partial charge in [0, 0.05) is 25.0 Å². The van der Waals surface area contributed by atoms with Gasteiger partial charge in [-0.25, -0.2) is 0 Å². The summed E-state index contributed by atoms with van der Waals surface area (Å²) in [5.41, 5.74) is 2.21. The summed E-state index contributed by atoms with van der Waals surface area (Å²) in [4.78, 5) is 27.4. The second kappa shape index (κ2) is 6.16. The maximum absolute atomic E-state index is 13.0. The monoisotopic (exact) mass is 353 g/mol. The van der Waals surface area contributed by atoms with Crippen LogP contribution < -0.4 is 10.6 Å². The number of hydrogen-bond acceptors (Lipinski definition) is 4. The number of aryl methyl sites for hydroxylation is 2. The molecule has 0 bridgehead atoms. The van der Waals surface area contributed by atoms with Crippen LogP contribution in [-0.4, -0.2) is 45.2 Å². The standard InChI is InChI=1S/C19H23N5O2/c1-3-24-11-15(13(2)22-24)18(26)23-10-6-9-19(12-23)20-16-8-5-4-7-14(16)17(25)21-19/h4-5,7-8,11,20H,3,6,9-10,12H2,1-2H3,(H,21,25). The lowest BCUT2D eigenvalue weighted by Crippen LogP contribution is -2.66. The van der Waals surface area contributed by atoms with Gasteiger partial charge in [0.25, 0.3) is 11.8 Å². The number of para-hydroxylation sites is 1. The van der Waals surface area contributed by atoms with E-state index in [2.05, 4.69) is 15.7 Å². The first-order chi connectivity index (χ1) is 12.5. The number of likely N-dealkylation sites (tertiary alicyclic amines) is 1. The van der Waals surface area contributed by atoms with E-state index in [1.165, 1.54) is 0 Å². The Bertz CT molecular complexity index is 875. The van der Waals surface area contributed by atoms with Crippen molar-refractivity contribution in [2.45, 2.75) is 38.9 Å². The molecule has 7 nitrogen and oxygen atoms in total. The highest BCUT2D eigenvalue weighted by atomic mass is 16.2. The number of amides is 2. The Balaban J connectivity index is 1.59. The largest absolute Gasteiger partial charge is 0.361 e. The minimum Gasteiger partial charge on any atom is -0.361 e. The highest BCUT2D eigenvalue weighted by Crippen LogP contribution is 2.31. The van der Waals surface area contributed by atoms with Crippen LogP contribution in [0, 0.1) is 6.92 Å². The molecule has 0 aliphatic carbocycles. The van der Waals surface area contributed by atoms with Gasteiger partial charge in [-0.05, 0) is 38.8 Å². The van der Waals surface area contributed by atoms with Crippen LogP contribution in [0.2, 0.25) is 0 Å². The topological polar surface area (TPSA) is 79.3 Å². The van der Waals surface area contributed by atoms with E-state index in [9.17, 15) is 9.59 Å². The molecule has 1 spiro atoms. The number of hydrogen-bond donors (Lipinski definition) is 2. The Morgan fingerprint density at radius 2 is 2.12 bits per heavy atom. The third-order valence-electron chi connectivity index (χ3n) is 5.18. The van der Waals surface area contributed by atoms with Crippen molar-refractivity contribution in [3.05, 3.63) is 47.3 Å². The fourth-order valence-electron chi connectivity index (χ4n) is 3.86. The van der Waals surface area contributed by atoms with Gasteiger partial charge in [-0.2, -0.15) is 5.10 Å². The Morgan fingerprint density at radius 1 is 1.31 bits per heavy atom. The van der Waals surface area contributed by atoms with Crippen molar-refractivity contribution >= 4 is 17.5 Å². The molecule has 7 heteroatoms. The Morgan fingerprint density at radius 3 is 2.88 bits per heavy atom. The highest BCUT2D eigenvalue weighted by Gasteiger charge is 2.42. The minimum atomic E-state index is -0.617. The molecule has 2 N–H and O–H groups in total. The molecule has 3 heterocycles. The summed E-state index contributed by atoms with van der Waals surface area (Å²) in [5, 5.41) is 10.9. The summed E-state index contributed by atoms with van der Waals surface area (Å²) >= 11 is 0. The van der Waals surface area contributed by atoms with Crippen molar-refractivity contribution in [1.82, 2.24) is 20.0 Å². The van der Waals surface area contributed by atoms with Gasteiger partial charge in [-0.1, -0.05) is 12.1 Å². The van der Waals surface area contributed by atoms with Crippen molar-refractivity contribution < 1.29 is 9.59 Å². The number of carbonyl (C=O) groups is 2. The summed E-state index contributed by atoms with van der Waals surface area (Å²) in [6.07, 6.45) is 3.41. The fourth-order valence-corrected chi connectivity index (χ4v) is 3.86. The molecular weight excluding hydrogens is 330 g/mol. The number of rotatable bonds is 2. The number of aromatic nitrogens is 2. The Labute approximate surface area is 152 Å². The molecule has 2 amide bonds. The summed E-state index contributed by atoms with van der Waals surface area (Å²) in [5.74, 6) is -0.125. The number of fused-ring (bicyclic) bond motifs is 1. The average molecular weight is 353 g/mol. The van der Waals surface area contributed by atoms with Gasteiger partial charge in [0.1, 0.15) is 5.66 Å². The van der Waals surface area contributed by atoms with Gasteiger partial charge in [-0.15, -0.1) is 0 Å². The molecule has 0 radical (unpaired) electrons. The van der Waals surface area contributed by atoms with Crippen molar-refractivity contribution in [2.75, 3.05) is 18.4 Å². The van der Waals surface area contributed by atoms with E-state index >= 15 is 0 Å². The van der Waals surface area contributed by atoms with E-state index in [1.807, 2.05) is 36.9 Å². The van der Waals surface area contributed by atoms with Crippen LogP contribution in [0.1, 0.15) is 46.2 Å². The molecule has 4 rings (SSSR count). The van der Waals surface area contributed by atoms with Crippen LogP contribution >= 0.6 is 0 Å². The first-order valence-corrected chi connectivity index (χ1v) is 9.04. The zero-order chi connectivity index (χ0) is 18.3. The maximum atomic E-state index is 13.0. The van der Waals surface area contributed by atoms with Crippen LogP contribution in [0.25, 0.3) is 0 Å². The molecule has 2 aliphatic rings. The molecular formula is C19H23N5O2. The maximum Gasteiger partial charge on any atom is 0.257 e. The van der Waals surface area contributed by atoms with Gasteiger partial charge in [0.2, 0.25) is 0 Å². The third-order valence-corrected chi connectivity index (χ3v) is 5.18. The van der Waals surface area contributed by atoms with Crippen LogP contribution in [0.4, 0.5) is 5.69 Å².